The van der Waals surface area contributed by atoms with Gasteiger partial charge in [0.15, 0.2) is 0 Å². The molecule has 1 fully saturated rings. The van der Waals surface area contributed by atoms with E-state index in [1.165, 1.54) is 11.1 Å². The minimum Gasteiger partial charge on any atom is -0.389 e. The lowest BCUT2D eigenvalue weighted by Gasteiger charge is -2.37. The number of hydrogen-bond donors (Lipinski definition) is 1. The Kier molecular flexibility index (Phi) is 5.87. The average Bonchev–Trinajstić information content (AvgIpc) is 2.62. The van der Waals surface area contributed by atoms with E-state index in [1.54, 1.807) is 0 Å². The molecule has 1 atom stereocenters. The van der Waals surface area contributed by atoms with Crippen molar-refractivity contribution in [1.29, 1.82) is 0 Å². The molecule has 1 N–H and O–H groups in total. The van der Waals surface area contributed by atoms with Crippen LogP contribution in [-0.2, 0) is 4.74 Å². The lowest BCUT2D eigenvalue weighted by Crippen LogP contribution is -2.49. The first kappa shape index (κ1) is 17.7. The minimum absolute atomic E-state index is 0.249. The maximum absolute atomic E-state index is 10.0. The highest BCUT2D eigenvalue weighted by Gasteiger charge is 2.21. The number of anilines is 1. The molecule has 0 amide bonds. The topological polar surface area (TPSA) is 48.8 Å². The quantitative estimate of drug-likeness (QED) is 0.641. The predicted molar refractivity (Wildman–Crippen MR) is 101 cm³/mol. The average molecular weight is 339 g/mol. The number of terminal acetylenes is 1. The molecule has 5 nitrogen and oxygen atoms in total. The van der Waals surface area contributed by atoms with Gasteiger partial charge >= 0.3 is 0 Å². The zero-order valence-corrected chi connectivity index (χ0v) is 14.7. The first-order valence-corrected chi connectivity index (χ1v) is 8.70. The second-order valence-corrected chi connectivity index (χ2v) is 6.46. The fourth-order valence-electron chi connectivity index (χ4n) is 3.32. The monoisotopic (exact) mass is 339 g/mol. The Morgan fingerprint density at radius 2 is 2.04 bits per heavy atom. The van der Waals surface area contributed by atoms with Crippen molar-refractivity contribution in [2.45, 2.75) is 13.0 Å². The lowest BCUT2D eigenvalue weighted by molar-refractivity contribution is 0.0268. The molecule has 1 saturated heterocycles. The number of aromatic nitrogens is 1. The van der Waals surface area contributed by atoms with Crippen LogP contribution in [0.15, 0.2) is 30.3 Å². The molecule has 25 heavy (non-hydrogen) atoms. The fourth-order valence-corrected chi connectivity index (χ4v) is 3.32. The molecule has 0 saturated carbocycles. The molecule has 0 spiro atoms. The van der Waals surface area contributed by atoms with Crippen molar-refractivity contribution < 1.29 is 9.84 Å². The number of β-amino-alcohol motifs (C(OH)–C–C–N with tert-alkyl or cyclic N) is 1. The van der Waals surface area contributed by atoms with Crippen molar-refractivity contribution >= 4 is 16.6 Å². The van der Waals surface area contributed by atoms with Gasteiger partial charge in [-0.25, -0.2) is 0 Å². The zero-order chi connectivity index (χ0) is 17.6. The highest BCUT2D eigenvalue weighted by molar-refractivity contribution is 5.92. The van der Waals surface area contributed by atoms with Gasteiger partial charge in [0.05, 0.1) is 18.2 Å². The number of ether oxygens (including phenoxy) is 1. The number of piperazine rings is 1. The fraction of sp³-hybridized carbons (Fsp3) is 0.450. The first-order valence-electron chi connectivity index (χ1n) is 8.70. The molecule has 1 aliphatic heterocycles. The predicted octanol–water partition coefficient (Wildman–Crippen LogP) is 1.68. The van der Waals surface area contributed by atoms with Crippen LogP contribution in [0.5, 0.6) is 0 Å². The Morgan fingerprint density at radius 1 is 1.28 bits per heavy atom. The van der Waals surface area contributed by atoms with Gasteiger partial charge in [0, 0.05) is 49.5 Å². The number of fused-ring (bicyclic) bond motifs is 1. The standard InChI is InChI=1S/C20H25N3O2/c1-3-12-25-15-17(24)14-22-8-10-23(11-9-22)20-13-16(2)21-19-7-5-4-6-18(19)20/h1,4-7,13,17,24H,8-12,14-15H2,2H3. The molecule has 2 aromatic rings. The van der Waals surface area contributed by atoms with Gasteiger partial charge in [-0.2, -0.15) is 0 Å². The Hall–Kier alpha value is -2.13. The van der Waals surface area contributed by atoms with Crippen LogP contribution in [-0.4, -0.2) is 67.0 Å². The third-order valence-electron chi connectivity index (χ3n) is 4.50. The van der Waals surface area contributed by atoms with E-state index in [-0.39, 0.29) is 6.61 Å². The summed E-state index contributed by atoms with van der Waals surface area (Å²) in [6.07, 6.45) is 4.65. The number of rotatable bonds is 6. The van der Waals surface area contributed by atoms with Gasteiger partial charge < -0.3 is 14.7 Å². The number of aliphatic hydroxyl groups excluding tert-OH is 1. The summed E-state index contributed by atoms with van der Waals surface area (Å²) < 4.78 is 5.21. The number of para-hydroxylation sites is 1. The SMILES string of the molecule is C#CCOCC(O)CN1CCN(c2cc(C)nc3ccccc23)CC1. The molecule has 1 unspecified atom stereocenters. The number of aryl methyl sites for hydroxylation is 1. The second-order valence-electron chi connectivity index (χ2n) is 6.46. The largest absolute Gasteiger partial charge is 0.389 e. The summed E-state index contributed by atoms with van der Waals surface area (Å²) in [5, 5.41) is 11.2. The Morgan fingerprint density at radius 3 is 2.80 bits per heavy atom. The van der Waals surface area contributed by atoms with E-state index in [4.69, 9.17) is 11.2 Å². The van der Waals surface area contributed by atoms with Crippen molar-refractivity contribution in [2.75, 3.05) is 50.8 Å². The summed E-state index contributed by atoms with van der Waals surface area (Å²) in [5.74, 6) is 2.41. The number of nitrogens with zero attached hydrogens (tertiary/aromatic N) is 3. The van der Waals surface area contributed by atoms with Crippen molar-refractivity contribution in [3.8, 4) is 12.3 Å². The van der Waals surface area contributed by atoms with Gasteiger partial charge in [-0.1, -0.05) is 24.1 Å². The zero-order valence-electron chi connectivity index (χ0n) is 14.7. The summed E-state index contributed by atoms with van der Waals surface area (Å²) in [6, 6.07) is 10.5. The maximum Gasteiger partial charge on any atom is 0.107 e. The van der Waals surface area contributed by atoms with Gasteiger partial charge in [-0.3, -0.25) is 9.88 Å². The summed E-state index contributed by atoms with van der Waals surface area (Å²) >= 11 is 0. The van der Waals surface area contributed by atoms with Crippen LogP contribution in [0.25, 0.3) is 10.9 Å². The van der Waals surface area contributed by atoms with Crippen LogP contribution < -0.4 is 4.90 Å². The molecule has 0 bridgehead atoms. The Balaban J connectivity index is 1.60. The van der Waals surface area contributed by atoms with E-state index >= 15 is 0 Å². The van der Waals surface area contributed by atoms with Crippen LogP contribution >= 0.6 is 0 Å². The first-order chi connectivity index (χ1) is 12.2. The van der Waals surface area contributed by atoms with Gasteiger partial charge in [-0.15, -0.1) is 6.42 Å². The molecular weight excluding hydrogens is 314 g/mol. The van der Waals surface area contributed by atoms with E-state index < -0.39 is 6.10 Å². The van der Waals surface area contributed by atoms with Gasteiger partial charge in [0.1, 0.15) is 6.61 Å². The molecule has 1 aromatic carbocycles. The molecule has 2 heterocycles. The Labute approximate surface area is 149 Å². The molecule has 132 valence electrons. The summed E-state index contributed by atoms with van der Waals surface area (Å²) in [7, 11) is 0. The third-order valence-corrected chi connectivity index (χ3v) is 4.50. The summed E-state index contributed by atoms with van der Waals surface area (Å²) in [6.45, 7) is 6.91. The summed E-state index contributed by atoms with van der Waals surface area (Å²) in [5.41, 5.74) is 3.33. The van der Waals surface area contributed by atoms with Gasteiger partial charge in [0.25, 0.3) is 0 Å². The highest BCUT2D eigenvalue weighted by atomic mass is 16.5. The third kappa shape index (κ3) is 4.49. The maximum atomic E-state index is 10.0. The number of benzene rings is 1. The van der Waals surface area contributed by atoms with Gasteiger partial charge in [-0.05, 0) is 19.1 Å². The number of hydrogen-bond acceptors (Lipinski definition) is 5. The van der Waals surface area contributed by atoms with Crippen LogP contribution in [0, 0.1) is 19.3 Å². The molecule has 1 aliphatic rings. The molecular formula is C20H25N3O2. The Bertz CT molecular complexity index is 748. The van der Waals surface area contributed by atoms with Crippen molar-refractivity contribution in [3.63, 3.8) is 0 Å². The van der Waals surface area contributed by atoms with E-state index in [1.807, 2.05) is 13.0 Å². The smallest absolute Gasteiger partial charge is 0.107 e. The van der Waals surface area contributed by atoms with Crippen LogP contribution in [0.3, 0.4) is 0 Å². The van der Waals surface area contributed by atoms with Crippen molar-refractivity contribution in [1.82, 2.24) is 9.88 Å². The molecule has 1 aromatic heterocycles. The van der Waals surface area contributed by atoms with E-state index in [9.17, 15) is 5.11 Å². The van der Waals surface area contributed by atoms with Crippen molar-refractivity contribution in [3.05, 3.63) is 36.0 Å². The molecule has 0 aliphatic carbocycles. The molecule has 0 radical (unpaired) electrons. The van der Waals surface area contributed by atoms with Crippen LogP contribution in [0.4, 0.5) is 5.69 Å². The lowest BCUT2D eigenvalue weighted by atomic mass is 10.1. The molecule has 3 rings (SSSR count). The highest BCUT2D eigenvalue weighted by Crippen LogP contribution is 2.27. The van der Waals surface area contributed by atoms with E-state index in [2.05, 4.69) is 45.0 Å². The molecule has 5 heteroatoms. The van der Waals surface area contributed by atoms with Crippen LogP contribution in [0.1, 0.15) is 5.69 Å². The minimum atomic E-state index is -0.496. The second kappa shape index (κ2) is 8.30. The van der Waals surface area contributed by atoms with Crippen molar-refractivity contribution in [2.24, 2.45) is 0 Å². The van der Waals surface area contributed by atoms with E-state index in [0.29, 0.717) is 13.2 Å². The van der Waals surface area contributed by atoms with E-state index in [0.717, 1.165) is 37.4 Å². The van der Waals surface area contributed by atoms with Gasteiger partial charge in [0.2, 0.25) is 0 Å². The van der Waals surface area contributed by atoms with Crippen LogP contribution in [0.2, 0.25) is 0 Å². The summed E-state index contributed by atoms with van der Waals surface area (Å²) in [4.78, 5) is 9.31. The number of pyridine rings is 1. The normalized spacial score (nSPS) is 16.8. The number of aliphatic hydroxyl groups is 1.